The van der Waals surface area contributed by atoms with Gasteiger partial charge < -0.3 is 14.7 Å². The summed E-state index contributed by atoms with van der Waals surface area (Å²) in [5.41, 5.74) is 2.94. The summed E-state index contributed by atoms with van der Waals surface area (Å²) in [6, 6.07) is 9.01. The molecule has 3 atom stereocenters. The number of carbonyl (C=O) groups is 1. The van der Waals surface area contributed by atoms with Crippen molar-refractivity contribution in [2.75, 3.05) is 26.7 Å². The molecule has 1 N–H and O–H groups in total. The van der Waals surface area contributed by atoms with Crippen molar-refractivity contribution in [3.63, 3.8) is 0 Å². The Morgan fingerprint density at radius 3 is 2.50 bits per heavy atom. The van der Waals surface area contributed by atoms with Gasteiger partial charge >= 0.3 is 0 Å². The highest BCUT2D eigenvalue weighted by molar-refractivity contribution is 5.97. The number of aromatic nitrogens is 3. The molecule has 0 radical (unpaired) electrons. The number of fused-ring (bicyclic) bond motifs is 1. The van der Waals surface area contributed by atoms with E-state index in [-0.39, 0.29) is 30.6 Å². The maximum absolute atomic E-state index is 13.6. The minimum absolute atomic E-state index is 0.0175. The van der Waals surface area contributed by atoms with Crippen molar-refractivity contribution in [2.24, 2.45) is 5.92 Å². The molecule has 4 rings (SSSR count). The van der Waals surface area contributed by atoms with E-state index in [2.05, 4.69) is 38.6 Å². The first-order chi connectivity index (χ1) is 17.4. The summed E-state index contributed by atoms with van der Waals surface area (Å²) in [4.78, 5) is 30.0. The molecule has 0 saturated carbocycles. The Bertz CT molecular complexity index is 1230. The van der Waals surface area contributed by atoms with Crippen LogP contribution in [0.2, 0.25) is 0 Å². The fraction of sp³-hybridized carbons (Fsp3) is 0.357. The lowest BCUT2D eigenvalue weighted by molar-refractivity contribution is 0.0325. The van der Waals surface area contributed by atoms with Crippen molar-refractivity contribution in [1.82, 2.24) is 24.8 Å². The molecule has 3 aromatic rings. The Hall–Kier alpha value is -3.80. The first-order valence-electron chi connectivity index (χ1n) is 12.0. The summed E-state index contributed by atoms with van der Waals surface area (Å²) < 4.78 is 6.38. The number of rotatable bonds is 6. The highest BCUT2D eigenvalue weighted by atomic mass is 16.5. The minimum atomic E-state index is -0.340. The Balaban J connectivity index is 1.63. The van der Waals surface area contributed by atoms with E-state index in [0.717, 1.165) is 17.7 Å². The van der Waals surface area contributed by atoms with Crippen LogP contribution in [0.3, 0.4) is 0 Å². The molecule has 3 aromatic heterocycles. The number of nitrogens with zero attached hydrogens (tertiary/aromatic N) is 5. The summed E-state index contributed by atoms with van der Waals surface area (Å²) in [5, 5.41) is 9.86. The van der Waals surface area contributed by atoms with Crippen molar-refractivity contribution in [3.05, 3.63) is 83.6 Å². The number of pyridine rings is 3. The molecular weight excluding hydrogens is 454 g/mol. The van der Waals surface area contributed by atoms with Crippen molar-refractivity contribution in [1.29, 1.82) is 0 Å². The van der Waals surface area contributed by atoms with Crippen molar-refractivity contribution < 1.29 is 14.6 Å². The Morgan fingerprint density at radius 2 is 1.81 bits per heavy atom. The van der Waals surface area contributed by atoms with Crippen LogP contribution >= 0.6 is 0 Å². The molecule has 1 aliphatic heterocycles. The zero-order valence-corrected chi connectivity index (χ0v) is 20.8. The molecule has 1 aliphatic rings. The average molecular weight is 486 g/mol. The number of likely N-dealkylation sites (N-methyl/N-ethyl adjacent to an activating group) is 1. The van der Waals surface area contributed by atoms with Crippen molar-refractivity contribution in [2.45, 2.75) is 32.5 Å². The molecule has 0 aliphatic carbocycles. The van der Waals surface area contributed by atoms with Gasteiger partial charge in [-0.3, -0.25) is 19.7 Å². The van der Waals surface area contributed by atoms with Crippen molar-refractivity contribution >= 4 is 5.91 Å². The van der Waals surface area contributed by atoms with E-state index in [1.54, 1.807) is 42.0 Å². The van der Waals surface area contributed by atoms with Gasteiger partial charge in [-0.2, -0.15) is 0 Å². The second kappa shape index (κ2) is 11.8. The van der Waals surface area contributed by atoms with Gasteiger partial charge in [0.1, 0.15) is 11.7 Å². The summed E-state index contributed by atoms with van der Waals surface area (Å²) >= 11 is 0. The lowest BCUT2D eigenvalue weighted by atomic mass is 9.99. The third kappa shape index (κ3) is 6.25. The Labute approximate surface area is 212 Å². The predicted molar refractivity (Wildman–Crippen MR) is 136 cm³/mol. The predicted octanol–water partition coefficient (Wildman–Crippen LogP) is 2.62. The van der Waals surface area contributed by atoms with Gasteiger partial charge in [0, 0.05) is 67.7 Å². The number of hydrogen-bond donors (Lipinski definition) is 1. The van der Waals surface area contributed by atoms with Crippen LogP contribution in [0.4, 0.5) is 0 Å². The van der Waals surface area contributed by atoms with Crippen LogP contribution in [-0.2, 0) is 6.54 Å². The van der Waals surface area contributed by atoms with Crippen LogP contribution in [0.25, 0.3) is 0 Å². The van der Waals surface area contributed by atoms with Gasteiger partial charge in [-0.25, -0.2) is 4.98 Å². The van der Waals surface area contributed by atoms with Gasteiger partial charge in [-0.05, 0) is 49.9 Å². The lowest BCUT2D eigenvalue weighted by Crippen LogP contribution is -2.49. The second-order valence-corrected chi connectivity index (χ2v) is 9.24. The van der Waals surface area contributed by atoms with Crippen LogP contribution in [0.1, 0.15) is 40.9 Å². The van der Waals surface area contributed by atoms with E-state index in [1.807, 2.05) is 38.2 Å². The number of aliphatic hydroxyl groups is 1. The van der Waals surface area contributed by atoms with Gasteiger partial charge in [0.05, 0.1) is 12.6 Å². The molecule has 8 heteroatoms. The average Bonchev–Trinajstić information content (AvgIpc) is 2.90. The summed E-state index contributed by atoms with van der Waals surface area (Å²) in [6.45, 7) is 5.63. The number of aliphatic hydroxyl groups excluding tert-OH is 1. The highest BCUT2D eigenvalue weighted by Crippen LogP contribution is 2.27. The molecule has 1 amide bonds. The molecule has 0 fully saturated rings. The lowest BCUT2D eigenvalue weighted by Gasteiger charge is -2.37. The fourth-order valence-corrected chi connectivity index (χ4v) is 4.14. The maximum atomic E-state index is 13.6. The highest BCUT2D eigenvalue weighted by Gasteiger charge is 2.34. The van der Waals surface area contributed by atoms with Crippen LogP contribution in [0.15, 0.2) is 61.3 Å². The zero-order chi connectivity index (χ0) is 25.5. The number of hydrogen-bond acceptors (Lipinski definition) is 7. The quantitative estimate of drug-likeness (QED) is 0.537. The zero-order valence-electron chi connectivity index (χ0n) is 20.8. The molecule has 36 heavy (non-hydrogen) atoms. The van der Waals surface area contributed by atoms with Crippen molar-refractivity contribution in [3.8, 4) is 17.7 Å². The van der Waals surface area contributed by atoms with E-state index >= 15 is 0 Å². The molecule has 0 aromatic carbocycles. The van der Waals surface area contributed by atoms with Gasteiger partial charge in [-0.15, -0.1) is 0 Å². The number of amides is 1. The van der Waals surface area contributed by atoms with Gasteiger partial charge in [0.15, 0.2) is 0 Å². The molecule has 0 saturated heterocycles. The Morgan fingerprint density at radius 1 is 1.14 bits per heavy atom. The first-order valence-corrected chi connectivity index (χ1v) is 12.0. The van der Waals surface area contributed by atoms with Gasteiger partial charge in [0.25, 0.3) is 5.91 Å². The molecule has 0 bridgehead atoms. The van der Waals surface area contributed by atoms with Gasteiger partial charge in [0.2, 0.25) is 5.88 Å². The summed E-state index contributed by atoms with van der Waals surface area (Å²) in [5.74, 6) is 6.24. The van der Waals surface area contributed by atoms with E-state index in [9.17, 15) is 9.90 Å². The van der Waals surface area contributed by atoms with E-state index in [1.165, 1.54) is 0 Å². The SMILES string of the molecule is C[C@H]1CN([C@@H](C)CO)C(=O)c2cc(C#Cc3ccncc3)cnc2O[C@H]1CN(C)Cc1ccncc1. The van der Waals surface area contributed by atoms with E-state index < -0.39 is 0 Å². The fourth-order valence-electron chi connectivity index (χ4n) is 4.14. The Kier molecular flexibility index (Phi) is 8.26. The molecule has 186 valence electrons. The summed E-state index contributed by atoms with van der Waals surface area (Å²) in [6.07, 6.45) is 8.35. The maximum Gasteiger partial charge on any atom is 0.259 e. The van der Waals surface area contributed by atoms with E-state index in [0.29, 0.717) is 30.1 Å². The molecule has 0 unspecified atom stereocenters. The number of ether oxygens (including phenoxy) is 1. The normalized spacial score (nSPS) is 18.4. The first kappa shape index (κ1) is 25.3. The minimum Gasteiger partial charge on any atom is -0.472 e. The molecular formula is C28H31N5O3. The van der Waals surface area contributed by atoms with E-state index in [4.69, 9.17) is 4.74 Å². The molecule has 0 spiro atoms. The monoisotopic (exact) mass is 485 g/mol. The summed E-state index contributed by atoms with van der Waals surface area (Å²) in [7, 11) is 2.04. The molecule has 8 nitrogen and oxygen atoms in total. The van der Waals surface area contributed by atoms with Crippen LogP contribution in [-0.4, -0.2) is 74.7 Å². The standard InChI is InChI=1S/C28H31N5O3/c1-20-16-33(21(2)19-34)28(35)25-14-24(5-4-22-6-10-29-11-7-22)15-31-27(25)36-26(20)18-32(3)17-23-8-12-30-13-9-23/h6-15,20-21,26,34H,16-19H2,1-3H3/t20-,21-,26-/m0/s1. The van der Waals surface area contributed by atoms with Crippen LogP contribution in [0, 0.1) is 17.8 Å². The van der Waals surface area contributed by atoms with Crippen LogP contribution < -0.4 is 4.74 Å². The van der Waals surface area contributed by atoms with Gasteiger partial charge in [-0.1, -0.05) is 18.8 Å². The topological polar surface area (TPSA) is 91.7 Å². The largest absolute Gasteiger partial charge is 0.472 e. The third-order valence-corrected chi connectivity index (χ3v) is 6.25. The smallest absolute Gasteiger partial charge is 0.259 e. The molecule has 4 heterocycles. The third-order valence-electron chi connectivity index (χ3n) is 6.25. The van der Waals surface area contributed by atoms with Crippen LogP contribution in [0.5, 0.6) is 5.88 Å². The second-order valence-electron chi connectivity index (χ2n) is 9.24. The number of carbonyl (C=O) groups excluding carboxylic acids is 1.